The number of nitrogens with zero attached hydrogens (tertiary/aromatic N) is 3. The fourth-order valence-corrected chi connectivity index (χ4v) is 3.11. The molecule has 1 aromatic carbocycles. The van der Waals surface area contributed by atoms with Gasteiger partial charge in [0.25, 0.3) is 0 Å². The van der Waals surface area contributed by atoms with Gasteiger partial charge in [-0.25, -0.2) is 4.98 Å². The highest BCUT2D eigenvalue weighted by molar-refractivity contribution is 6.30. The van der Waals surface area contributed by atoms with Crippen molar-refractivity contribution in [2.24, 2.45) is 0 Å². The fraction of sp³-hybridized carbons (Fsp3) is 0.438. The summed E-state index contributed by atoms with van der Waals surface area (Å²) in [5.41, 5.74) is 0.637. The molecule has 116 valence electrons. The zero-order valence-corrected chi connectivity index (χ0v) is 13.1. The normalized spacial score (nSPS) is 16.0. The van der Waals surface area contributed by atoms with Crippen LogP contribution in [0.1, 0.15) is 31.2 Å². The van der Waals surface area contributed by atoms with Gasteiger partial charge in [-0.15, -0.1) is 0 Å². The van der Waals surface area contributed by atoms with Gasteiger partial charge >= 0.3 is 0 Å². The van der Waals surface area contributed by atoms with Gasteiger partial charge in [0, 0.05) is 18.1 Å². The highest BCUT2D eigenvalue weighted by Gasteiger charge is 2.45. The van der Waals surface area contributed by atoms with E-state index < -0.39 is 5.41 Å². The minimum atomic E-state index is -0.391. The van der Waals surface area contributed by atoms with Crippen LogP contribution in [0.4, 0.5) is 0 Å². The molecule has 1 heterocycles. The maximum Gasteiger partial charge on any atom is 0.230 e. The lowest BCUT2D eigenvalue weighted by Gasteiger charge is -2.40. The molecule has 0 aliphatic heterocycles. The van der Waals surface area contributed by atoms with E-state index in [1.807, 2.05) is 24.3 Å². The van der Waals surface area contributed by atoms with Gasteiger partial charge in [0.1, 0.15) is 12.7 Å². The van der Waals surface area contributed by atoms with E-state index in [1.54, 1.807) is 11.0 Å². The van der Waals surface area contributed by atoms with E-state index >= 15 is 0 Å². The maximum absolute atomic E-state index is 12.6. The second-order valence-electron chi connectivity index (χ2n) is 5.71. The van der Waals surface area contributed by atoms with Crippen molar-refractivity contribution in [1.82, 2.24) is 20.1 Å². The molecule has 1 aliphatic carbocycles. The van der Waals surface area contributed by atoms with E-state index in [4.69, 9.17) is 11.6 Å². The second kappa shape index (κ2) is 6.48. The van der Waals surface area contributed by atoms with Crippen molar-refractivity contribution in [2.45, 2.75) is 37.6 Å². The molecule has 1 aromatic heterocycles. The third kappa shape index (κ3) is 2.99. The Labute approximate surface area is 134 Å². The van der Waals surface area contributed by atoms with Crippen molar-refractivity contribution < 1.29 is 4.79 Å². The molecule has 5 nitrogen and oxygen atoms in total. The summed E-state index contributed by atoms with van der Waals surface area (Å²) >= 11 is 6.07. The Bertz CT molecular complexity index is 637. The van der Waals surface area contributed by atoms with Crippen LogP contribution in [-0.2, 0) is 16.8 Å². The average molecular weight is 319 g/mol. The van der Waals surface area contributed by atoms with E-state index in [1.165, 1.54) is 6.33 Å². The largest absolute Gasteiger partial charge is 0.355 e. The zero-order chi connectivity index (χ0) is 15.4. The van der Waals surface area contributed by atoms with Crippen molar-refractivity contribution in [3.05, 3.63) is 47.5 Å². The smallest absolute Gasteiger partial charge is 0.230 e. The first-order valence-corrected chi connectivity index (χ1v) is 7.95. The molecule has 0 bridgehead atoms. The van der Waals surface area contributed by atoms with Crippen molar-refractivity contribution in [1.29, 1.82) is 0 Å². The van der Waals surface area contributed by atoms with Gasteiger partial charge in [0.2, 0.25) is 5.91 Å². The summed E-state index contributed by atoms with van der Waals surface area (Å²) in [6, 6.07) is 7.67. The summed E-state index contributed by atoms with van der Waals surface area (Å²) in [5, 5.41) is 7.79. The van der Waals surface area contributed by atoms with Gasteiger partial charge in [-0.1, -0.05) is 30.2 Å². The molecule has 0 atom stereocenters. The summed E-state index contributed by atoms with van der Waals surface area (Å²) in [5.74, 6) is 0.111. The van der Waals surface area contributed by atoms with E-state index in [9.17, 15) is 4.79 Å². The number of carbonyl (C=O) groups is 1. The number of carbonyl (C=O) groups excluding carboxylic acids is 1. The summed E-state index contributed by atoms with van der Waals surface area (Å²) < 4.78 is 1.77. The van der Waals surface area contributed by atoms with Crippen LogP contribution in [0.5, 0.6) is 0 Å². The first-order valence-electron chi connectivity index (χ1n) is 7.57. The molecule has 22 heavy (non-hydrogen) atoms. The molecule has 0 spiro atoms. The van der Waals surface area contributed by atoms with Gasteiger partial charge in [0.15, 0.2) is 0 Å². The molecule has 1 aliphatic rings. The molecule has 0 unspecified atom stereocenters. The predicted molar refractivity (Wildman–Crippen MR) is 84.6 cm³/mol. The number of halogens is 1. The minimum Gasteiger partial charge on any atom is -0.355 e. The Balaban J connectivity index is 1.57. The van der Waals surface area contributed by atoms with Crippen LogP contribution in [0.2, 0.25) is 5.02 Å². The molecular formula is C16H19ClN4O. The average Bonchev–Trinajstić information content (AvgIpc) is 2.96. The molecule has 0 saturated heterocycles. The summed E-state index contributed by atoms with van der Waals surface area (Å²) in [6.07, 6.45) is 6.90. The van der Waals surface area contributed by atoms with Gasteiger partial charge in [0.05, 0.1) is 5.41 Å². The van der Waals surface area contributed by atoms with Crippen LogP contribution >= 0.6 is 11.6 Å². The molecule has 2 aromatic rings. The van der Waals surface area contributed by atoms with Crippen molar-refractivity contribution in [2.75, 3.05) is 6.54 Å². The molecule has 3 rings (SSSR count). The Morgan fingerprint density at radius 2 is 2.27 bits per heavy atom. The standard InChI is InChI=1S/C16H19ClN4O/c17-14-5-1-4-13(10-14)16(6-2-7-16)15(22)19-8-3-9-21-12-18-11-20-21/h1,4-5,10-12H,2-3,6-9H2,(H,19,22). The van der Waals surface area contributed by atoms with Gasteiger partial charge < -0.3 is 5.32 Å². The molecule has 1 fully saturated rings. The van der Waals surface area contributed by atoms with Crippen LogP contribution in [0.3, 0.4) is 0 Å². The van der Waals surface area contributed by atoms with Crippen LogP contribution in [0, 0.1) is 0 Å². The molecular weight excluding hydrogens is 300 g/mol. The third-order valence-corrected chi connectivity index (χ3v) is 4.57. The Hall–Kier alpha value is -1.88. The fourth-order valence-electron chi connectivity index (χ4n) is 2.92. The summed E-state index contributed by atoms with van der Waals surface area (Å²) in [4.78, 5) is 16.5. The van der Waals surface area contributed by atoms with Crippen molar-refractivity contribution in [3.63, 3.8) is 0 Å². The lowest BCUT2D eigenvalue weighted by atomic mass is 9.64. The van der Waals surface area contributed by atoms with Crippen LogP contribution < -0.4 is 5.32 Å². The number of rotatable bonds is 6. The number of hydrogen-bond donors (Lipinski definition) is 1. The molecule has 1 amide bonds. The van der Waals surface area contributed by atoms with Crippen LogP contribution in [0.15, 0.2) is 36.9 Å². The number of hydrogen-bond acceptors (Lipinski definition) is 3. The number of aromatic nitrogens is 3. The van der Waals surface area contributed by atoms with Gasteiger partial charge in [-0.05, 0) is 37.0 Å². The SMILES string of the molecule is O=C(NCCCn1cncn1)C1(c2cccc(Cl)c2)CCC1. The Morgan fingerprint density at radius 1 is 1.41 bits per heavy atom. The van der Waals surface area contributed by atoms with E-state index in [0.717, 1.165) is 37.8 Å². The quantitative estimate of drug-likeness (QED) is 0.833. The number of benzene rings is 1. The van der Waals surface area contributed by atoms with Crippen molar-refractivity contribution in [3.8, 4) is 0 Å². The van der Waals surface area contributed by atoms with Gasteiger partial charge in [-0.2, -0.15) is 5.10 Å². The minimum absolute atomic E-state index is 0.111. The Kier molecular flexibility index (Phi) is 4.43. The highest BCUT2D eigenvalue weighted by atomic mass is 35.5. The van der Waals surface area contributed by atoms with Crippen molar-refractivity contribution >= 4 is 17.5 Å². The molecule has 1 N–H and O–H groups in total. The first-order chi connectivity index (χ1) is 10.7. The zero-order valence-electron chi connectivity index (χ0n) is 12.3. The summed E-state index contributed by atoms with van der Waals surface area (Å²) in [6.45, 7) is 1.39. The number of aryl methyl sites for hydroxylation is 1. The Morgan fingerprint density at radius 3 is 2.91 bits per heavy atom. The van der Waals surface area contributed by atoms with Crippen LogP contribution in [0.25, 0.3) is 0 Å². The molecule has 0 radical (unpaired) electrons. The number of amides is 1. The lowest BCUT2D eigenvalue weighted by molar-refractivity contribution is -0.129. The second-order valence-corrected chi connectivity index (χ2v) is 6.15. The molecule has 6 heteroatoms. The first kappa shape index (κ1) is 15.0. The topological polar surface area (TPSA) is 59.8 Å². The predicted octanol–water partition coefficient (Wildman–Crippen LogP) is 2.56. The van der Waals surface area contributed by atoms with Gasteiger partial charge in [-0.3, -0.25) is 9.48 Å². The van der Waals surface area contributed by atoms with E-state index in [0.29, 0.717) is 11.6 Å². The number of nitrogens with one attached hydrogen (secondary N) is 1. The van der Waals surface area contributed by atoms with E-state index in [-0.39, 0.29) is 5.91 Å². The molecule has 1 saturated carbocycles. The third-order valence-electron chi connectivity index (χ3n) is 4.34. The van der Waals surface area contributed by atoms with E-state index in [2.05, 4.69) is 15.4 Å². The monoisotopic (exact) mass is 318 g/mol. The maximum atomic E-state index is 12.6. The summed E-state index contributed by atoms with van der Waals surface area (Å²) in [7, 11) is 0. The van der Waals surface area contributed by atoms with Crippen LogP contribution in [-0.4, -0.2) is 27.2 Å². The highest BCUT2D eigenvalue weighted by Crippen LogP contribution is 2.44. The lowest BCUT2D eigenvalue weighted by Crippen LogP contribution is -2.49.